The molecule has 6 aromatic carbocycles. The van der Waals surface area contributed by atoms with Crippen molar-refractivity contribution in [3.05, 3.63) is 148 Å². The van der Waals surface area contributed by atoms with E-state index in [4.69, 9.17) is 0 Å². The maximum atomic E-state index is 2.69. The van der Waals surface area contributed by atoms with E-state index in [1.807, 2.05) is 0 Å². The molecule has 2 nitrogen and oxygen atoms in total. The van der Waals surface area contributed by atoms with Gasteiger partial charge >= 0.3 is 0 Å². The second-order valence-electron chi connectivity index (χ2n) is 22.9. The van der Waals surface area contributed by atoms with Crippen LogP contribution < -0.4 is 26.2 Å². The van der Waals surface area contributed by atoms with E-state index in [0.29, 0.717) is 0 Å². The average Bonchev–Trinajstić information content (AvgIpc) is 3.21. The van der Waals surface area contributed by atoms with E-state index in [-0.39, 0.29) is 33.8 Å². The van der Waals surface area contributed by atoms with Crippen LogP contribution in [-0.4, -0.2) is 6.71 Å². The Bertz CT molecular complexity index is 2780. The zero-order chi connectivity index (χ0) is 43.2. The van der Waals surface area contributed by atoms with Gasteiger partial charge in [0, 0.05) is 34.1 Å². The largest absolute Gasteiger partial charge is 0.311 e. The van der Waals surface area contributed by atoms with Crippen LogP contribution in [0.4, 0.5) is 34.1 Å². The number of nitrogens with zero attached hydrogens (tertiary/aromatic N) is 2. The normalized spacial score (nSPS) is 18.7. The summed E-state index contributed by atoms with van der Waals surface area (Å²) in [6.07, 6.45) is 4.77. The Hall–Kier alpha value is -5.02. The van der Waals surface area contributed by atoms with Crippen LogP contribution >= 0.6 is 0 Å². The zero-order valence-corrected chi connectivity index (χ0v) is 39.2. The van der Waals surface area contributed by atoms with Crippen LogP contribution in [0, 0.1) is 13.8 Å². The molecule has 6 aromatic rings. The molecule has 0 bridgehead atoms. The first kappa shape index (κ1) is 40.1. The lowest BCUT2D eigenvalue weighted by atomic mass is 9.33. The van der Waals surface area contributed by atoms with Crippen molar-refractivity contribution in [2.24, 2.45) is 0 Å². The molecule has 0 atom stereocenters. The molecule has 2 aliphatic heterocycles. The lowest BCUT2D eigenvalue weighted by molar-refractivity contribution is 0.332. The molecule has 0 unspecified atom stereocenters. The highest BCUT2D eigenvalue weighted by atomic mass is 15.2. The lowest BCUT2D eigenvalue weighted by Gasteiger charge is -2.48. The van der Waals surface area contributed by atoms with Crippen LogP contribution in [0.5, 0.6) is 0 Å². The Morgan fingerprint density at radius 2 is 1.03 bits per heavy atom. The highest BCUT2D eigenvalue weighted by Crippen LogP contribution is 2.53. The van der Waals surface area contributed by atoms with E-state index >= 15 is 0 Å². The Morgan fingerprint density at radius 3 is 1.67 bits per heavy atom. The first-order chi connectivity index (χ1) is 28.7. The molecule has 2 heterocycles. The topological polar surface area (TPSA) is 6.48 Å². The van der Waals surface area contributed by atoms with Crippen molar-refractivity contribution < 1.29 is 0 Å². The number of hydrogen-bond donors (Lipinski definition) is 0. The molecule has 0 saturated carbocycles. The summed E-state index contributed by atoms with van der Waals surface area (Å²) in [6, 6.07) is 43.3. The van der Waals surface area contributed by atoms with Crippen LogP contribution in [-0.2, 0) is 27.1 Å². The summed E-state index contributed by atoms with van der Waals surface area (Å²) < 4.78 is 0. The summed E-state index contributed by atoms with van der Waals surface area (Å²) in [5, 5.41) is 0. The summed E-state index contributed by atoms with van der Waals surface area (Å²) in [4.78, 5) is 5.33. The molecule has 0 fully saturated rings. The van der Waals surface area contributed by atoms with Crippen LogP contribution in [0.15, 0.2) is 109 Å². The van der Waals surface area contributed by atoms with Gasteiger partial charge < -0.3 is 9.80 Å². The fraction of sp³-hybridized carbons (Fsp3) is 0.379. The van der Waals surface area contributed by atoms with Crippen molar-refractivity contribution in [1.29, 1.82) is 0 Å². The predicted molar refractivity (Wildman–Crippen MR) is 265 cm³/mol. The SMILES string of the molecule is Cc1cc2c3c(c1)N(c1cc(C(C)(C)C)ccc1C)c1cc(-c4ccccc4)ccc1B3c1cc3c(cc1N2c1ccc2c(c1)C(C)(C)CCC2(C)C)C(C)(C)CCC3(C)C. The maximum absolute atomic E-state index is 2.69. The van der Waals surface area contributed by atoms with Crippen molar-refractivity contribution in [3.63, 3.8) is 0 Å². The molecule has 0 spiro atoms. The Balaban J connectivity index is 1.33. The highest BCUT2D eigenvalue weighted by molar-refractivity contribution is 7.00. The fourth-order valence-corrected chi connectivity index (χ4v) is 11.6. The molecule has 0 aromatic heterocycles. The molecule has 0 saturated heterocycles. The first-order valence-electron chi connectivity index (χ1n) is 23.1. The molecular formula is C58H65BN2. The van der Waals surface area contributed by atoms with Gasteiger partial charge in [-0.1, -0.05) is 143 Å². The zero-order valence-electron chi connectivity index (χ0n) is 39.2. The van der Waals surface area contributed by atoms with Crippen molar-refractivity contribution in [3.8, 4) is 11.1 Å². The van der Waals surface area contributed by atoms with Crippen molar-refractivity contribution in [2.45, 2.75) is 143 Å². The van der Waals surface area contributed by atoms with Gasteiger partial charge in [0.25, 0.3) is 6.71 Å². The number of benzene rings is 6. The molecule has 310 valence electrons. The molecule has 2 aliphatic carbocycles. The predicted octanol–water partition coefficient (Wildman–Crippen LogP) is 14.0. The van der Waals surface area contributed by atoms with Crippen molar-refractivity contribution in [1.82, 2.24) is 0 Å². The highest BCUT2D eigenvalue weighted by Gasteiger charge is 2.47. The van der Waals surface area contributed by atoms with Crippen molar-refractivity contribution >= 4 is 57.2 Å². The monoisotopic (exact) mass is 801 g/mol. The summed E-state index contributed by atoms with van der Waals surface area (Å²) in [6.45, 7) is 31.4. The van der Waals surface area contributed by atoms with Gasteiger partial charge in [0.2, 0.25) is 0 Å². The van der Waals surface area contributed by atoms with E-state index in [1.165, 1.54) is 126 Å². The number of aryl methyl sites for hydroxylation is 2. The average molecular weight is 801 g/mol. The molecule has 4 aliphatic rings. The number of fused-ring (bicyclic) bond motifs is 6. The van der Waals surface area contributed by atoms with Gasteiger partial charge in [-0.3, -0.25) is 0 Å². The summed E-state index contributed by atoms with van der Waals surface area (Å²) in [5.41, 5.74) is 24.8. The third-order valence-electron chi connectivity index (χ3n) is 15.7. The second kappa shape index (κ2) is 13.2. The maximum Gasteiger partial charge on any atom is 0.252 e. The lowest BCUT2D eigenvalue weighted by Crippen LogP contribution is -2.62. The Kier molecular flexibility index (Phi) is 8.70. The fourth-order valence-electron chi connectivity index (χ4n) is 11.6. The van der Waals surface area contributed by atoms with Crippen LogP contribution in [0.25, 0.3) is 11.1 Å². The second-order valence-corrected chi connectivity index (χ2v) is 22.9. The van der Waals surface area contributed by atoms with E-state index in [2.05, 4.69) is 209 Å². The van der Waals surface area contributed by atoms with Crippen LogP contribution in [0.1, 0.15) is 141 Å². The number of hydrogen-bond acceptors (Lipinski definition) is 2. The summed E-state index contributed by atoms with van der Waals surface area (Å²) >= 11 is 0. The quantitative estimate of drug-likeness (QED) is 0.164. The number of rotatable bonds is 3. The molecule has 0 N–H and O–H groups in total. The molecule has 10 rings (SSSR count). The minimum absolute atomic E-state index is 0.00568. The van der Waals surface area contributed by atoms with Gasteiger partial charge in [0.05, 0.1) is 0 Å². The third-order valence-corrected chi connectivity index (χ3v) is 15.7. The summed E-state index contributed by atoms with van der Waals surface area (Å²) in [5.74, 6) is 0. The Morgan fingerprint density at radius 1 is 0.459 bits per heavy atom. The van der Waals surface area contributed by atoms with Gasteiger partial charge in [-0.15, -0.1) is 0 Å². The smallest absolute Gasteiger partial charge is 0.252 e. The van der Waals surface area contributed by atoms with E-state index in [0.717, 1.165) is 0 Å². The Labute approximate surface area is 367 Å². The number of anilines is 6. The van der Waals surface area contributed by atoms with Crippen LogP contribution in [0.3, 0.4) is 0 Å². The minimum atomic E-state index is 0.00568. The van der Waals surface area contributed by atoms with Gasteiger partial charge in [0.1, 0.15) is 0 Å². The van der Waals surface area contributed by atoms with Crippen molar-refractivity contribution in [2.75, 3.05) is 9.80 Å². The van der Waals surface area contributed by atoms with Gasteiger partial charge in [-0.2, -0.15) is 0 Å². The standard InChI is InChI=1S/C58H65BN2/c1-36-29-51-53-52(30-36)61(48-32-40(54(3,4)5)21-19-37(48)2)49-31-39(38-17-15-14-16-18-38)20-24-46(49)59(53)47-34-44-45(58(12,13)28-27-57(44,10)11)35-50(47)60(51)41-22-23-42-43(33-41)56(8,9)26-25-55(42,6)7/h14-24,29-35H,25-28H2,1-13H3. The van der Waals surface area contributed by atoms with E-state index in [1.54, 1.807) is 0 Å². The third kappa shape index (κ3) is 6.18. The van der Waals surface area contributed by atoms with Gasteiger partial charge in [-0.05, 0) is 176 Å². The molecule has 61 heavy (non-hydrogen) atoms. The van der Waals surface area contributed by atoms with E-state index < -0.39 is 0 Å². The summed E-state index contributed by atoms with van der Waals surface area (Å²) in [7, 11) is 0. The van der Waals surface area contributed by atoms with E-state index in [9.17, 15) is 0 Å². The van der Waals surface area contributed by atoms with Gasteiger partial charge in [-0.25, -0.2) is 0 Å². The minimum Gasteiger partial charge on any atom is -0.311 e. The molecule has 0 amide bonds. The van der Waals surface area contributed by atoms with Gasteiger partial charge in [0.15, 0.2) is 0 Å². The molecule has 3 heteroatoms. The molecule has 0 radical (unpaired) electrons. The van der Waals surface area contributed by atoms with Crippen LogP contribution in [0.2, 0.25) is 0 Å². The first-order valence-corrected chi connectivity index (χ1v) is 23.1. The molecular weight excluding hydrogens is 735 g/mol.